The van der Waals surface area contributed by atoms with Crippen LogP contribution in [-0.2, 0) is 17.9 Å². The van der Waals surface area contributed by atoms with Crippen molar-refractivity contribution < 1.29 is 4.79 Å². The maximum Gasteiger partial charge on any atom is 0.223 e. The van der Waals surface area contributed by atoms with Crippen LogP contribution in [-0.4, -0.2) is 35.0 Å². The van der Waals surface area contributed by atoms with Crippen LogP contribution >= 0.6 is 0 Å². The van der Waals surface area contributed by atoms with Crippen LogP contribution in [0.15, 0.2) is 18.5 Å². The first-order chi connectivity index (χ1) is 9.29. The van der Waals surface area contributed by atoms with Gasteiger partial charge in [0.2, 0.25) is 5.91 Å². The Balaban J connectivity index is 1.61. The number of amides is 1. The standard InChI is InChI=1S/C15H25N3O/c1-2-8-17-11-6-14(13-17)12-16-7-5-15(19)18-9-3-4-10-18/h6,11,13,16H,2-5,7-10,12H2,1H3. The van der Waals surface area contributed by atoms with Gasteiger partial charge in [-0.05, 0) is 30.9 Å². The summed E-state index contributed by atoms with van der Waals surface area (Å²) in [6.45, 7) is 6.80. The first-order valence-electron chi connectivity index (χ1n) is 7.42. The first-order valence-corrected chi connectivity index (χ1v) is 7.42. The minimum atomic E-state index is 0.300. The molecule has 2 rings (SSSR count). The summed E-state index contributed by atoms with van der Waals surface area (Å²) in [5.41, 5.74) is 1.29. The van der Waals surface area contributed by atoms with Gasteiger partial charge in [0, 0.05) is 51.5 Å². The molecule has 1 aliphatic heterocycles. The van der Waals surface area contributed by atoms with E-state index >= 15 is 0 Å². The van der Waals surface area contributed by atoms with Crippen molar-refractivity contribution in [1.82, 2.24) is 14.8 Å². The molecule has 1 amide bonds. The van der Waals surface area contributed by atoms with E-state index in [2.05, 4.69) is 35.3 Å². The number of nitrogens with one attached hydrogen (secondary N) is 1. The van der Waals surface area contributed by atoms with Crippen molar-refractivity contribution in [3.63, 3.8) is 0 Å². The van der Waals surface area contributed by atoms with Crippen LogP contribution in [0.1, 0.15) is 38.2 Å². The zero-order chi connectivity index (χ0) is 13.5. The van der Waals surface area contributed by atoms with Gasteiger partial charge in [-0.15, -0.1) is 0 Å². The van der Waals surface area contributed by atoms with Crippen molar-refractivity contribution >= 4 is 5.91 Å². The number of carbonyl (C=O) groups excluding carboxylic acids is 1. The van der Waals surface area contributed by atoms with Gasteiger partial charge in [0.05, 0.1) is 0 Å². The topological polar surface area (TPSA) is 37.3 Å². The van der Waals surface area contributed by atoms with Crippen molar-refractivity contribution in [3.05, 3.63) is 24.0 Å². The maximum absolute atomic E-state index is 11.8. The molecule has 2 heterocycles. The van der Waals surface area contributed by atoms with E-state index in [4.69, 9.17) is 0 Å². The molecule has 0 aromatic carbocycles. The largest absolute Gasteiger partial charge is 0.354 e. The zero-order valence-electron chi connectivity index (χ0n) is 11.9. The molecular weight excluding hydrogens is 238 g/mol. The van der Waals surface area contributed by atoms with Crippen molar-refractivity contribution in [2.75, 3.05) is 19.6 Å². The van der Waals surface area contributed by atoms with E-state index in [9.17, 15) is 4.79 Å². The summed E-state index contributed by atoms with van der Waals surface area (Å²) in [5.74, 6) is 0.300. The highest BCUT2D eigenvalue weighted by atomic mass is 16.2. The van der Waals surface area contributed by atoms with Gasteiger partial charge < -0.3 is 14.8 Å². The van der Waals surface area contributed by atoms with Crippen LogP contribution in [0.2, 0.25) is 0 Å². The summed E-state index contributed by atoms with van der Waals surface area (Å²) < 4.78 is 2.21. The third-order valence-corrected chi connectivity index (χ3v) is 3.60. The van der Waals surface area contributed by atoms with Gasteiger partial charge >= 0.3 is 0 Å². The Labute approximate surface area is 115 Å². The number of hydrogen-bond acceptors (Lipinski definition) is 2. The average molecular weight is 263 g/mol. The number of carbonyl (C=O) groups is 1. The fourth-order valence-electron chi connectivity index (χ4n) is 2.55. The van der Waals surface area contributed by atoms with Crippen LogP contribution in [0.3, 0.4) is 0 Å². The van der Waals surface area contributed by atoms with Gasteiger partial charge in [0.15, 0.2) is 0 Å². The molecule has 0 aliphatic carbocycles. The van der Waals surface area contributed by atoms with E-state index in [1.165, 1.54) is 18.4 Å². The molecule has 1 saturated heterocycles. The third-order valence-electron chi connectivity index (χ3n) is 3.60. The van der Waals surface area contributed by atoms with E-state index in [1.54, 1.807) is 0 Å². The first kappa shape index (κ1) is 14.1. The van der Waals surface area contributed by atoms with Gasteiger partial charge in [-0.2, -0.15) is 0 Å². The van der Waals surface area contributed by atoms with Crippen LogP contribution in [0.4, 0.5) is 0 Å². The summed E-state index contributed by atoms with van der Waals surface area (Å²) in [5, 5.41) is 3.35. The Morgan fingerprint density at radius 3 is 2.89 bits per heavy atom. The lowest BCUT2D eigenvalue weighted by Gasteiger charge is -2.15. The highest BCUT2D eigenvalue weighted by molar-refractivity contribution is 5.76. The summed E-state index contributed by atoms with van der Waals surface area (Å²) in [6, 6.07) is 2.14. The van der Waals surface area contributed by atoms with Crippen molar-refractivity contribution in [3.8, 4) is 0 Å². The maximum atomic E-state index is 11.8. The van der Waals surface area contributed by atoms with Crippen LogP contribution in [0.25, 0.3) is 0 Å². The normalized spacial score (nSPS) is 15.1. The predicted octanol–water partition coefficient (Wildman–Crippen LogP) is 2.00. The lowest BCUT2D eigenvalue weighted by Crippen LogP contribution is -2.30. The molecule has 0 radical (unpaired) electrons. The van der Waals surface area contributed by atoms with E-state index in [0.717, 1.165) is 39.1 Å². The molecule has 0 bridgehead atoms. The molecular formula is C15H25N3O. The second kappa shape index (κ2) is 7.34. The van der Waals surface area contributed by atoms with Gasteiger partial charge in [0.1, 0.15) is 0 Å². The molecule has 0 unspecified atom stereocenters. The van der Waals surface area contributed by atoms with E-state index in [-0.39, 0.29) is 0 Å². The Kier molecular flexibility index (Phi) is 5.45. The Bertz CT molecular complexity index is 394. The molecule has 1 N–H and O–H groups in total. The fraction of sp³-hybridized carbons (Fsp3) is 0.667. The molecule has 4 heteroatoms. The Morgan fingerprint density at radius 1 is 1.37 bits per heavy atom. The minimum Gasteiger partial charge on any atom is -0.354 e. The van der Waals surface area contributed by atoms with Crippen molar-refractivity contribution in [1.29, 1.82) is 0 Å². The van der Waals surface area contributed by atoms with E-state index in [0.29, 0.717) is 12.3 Å². The number of likely N-dealkylation sites (tertiary alicyclic amines) is 1. The molecule has 1 aliphatic rings. The number of hydrogen-bond donors (Lipinski definition) is 1. The molecule has 0 spiro atoms. The quantitative estimate of drug-likeness (QED) is 0.764. The molecule has 19 heavy (non-hydrogen) atoms. The highest BCUT2D eigenvalue weighted by Crippen LogP contribution is 2.08. The van der Waals surface area contributed by atoms with Crippen LogP contribution in [0.5, 0.6) is 0 Å². The van der Waals surface area contributed by atoms with E-state index < -0.39 is 0 Å². The molecule has 1 fully saturated rings. The van der Waals surface area contributed by atoms with E-state index in [1.807, 2.05) is 4.90 Å². The van der Waals surface area contributed by atoms with Crippen molar-refractivity contribution in [2.45, 2.75) is 45.7 Å². The van der Waals surface area contributed by atoms with Crippen molar-refractivity contribution in [2.24, 2.45) is 0 Å². The Morgan fingerprint density at radius 2 is 2.16 bits per heavy atom. The number of rotatable bonds is 7. The second-order valence-electron chi connectivity index (χ2n) is 5.27. The lowest BCUT2D eigenvalue weighted by molar-refractivity contribution is -0.130. The summed E-state index contributed by atoms with van der Waals surface area (Å²) in [4.78, 5) is 13.8. The molecule has 1 aromatic heterocycles. The van der Waals surface area contributed by atoms with Gasteiger partial charge in [-0.1, -0.05) is 6.92 Å². The summed E-state index contributed by atoms with van der Waals surface area (Å²) in [7, 11) is 0. The number of nitrogens with zero attached hydrogens (tertiary/aromatic N) is 2. The lowest BCUT2D eigenvalue weighted by atomic mass is 10.3. The SMILES string of the molecule is CCCn1ccc(CNCCC(=O)N2CCCC2)c1. The van der Waals surface area contributed by atoms with Gasteiger partial charge in [0.25, 0.3) is 0 Å². The minimum absolute atomic E-state index is 0.300. The number of aromatic nitrogens is 1. The van der Waals surface area contributed by atoms with Gasteiger partial charge in [-0.3, -0.25) is 4.79 Å². The molecule has 0 atom stereocenters. The average Bonchev–Trinajstić information content (AvgIpc) is 3.06. The van der Waals surface area contributed by atoms with Crippen LogP contribution in [0, 0.1) is 0 Å². The summed E-state index contributed by atoms with van der Waals surface area (Å²) in [6.07, 6.45) is 8.42. The molecule has 106 valence electrons. The Hall–Kier alpha value is -1.29. The third kappa shape index (κ3) is 4.39. The van der Waals surface area contributed by atoms with Gasteiger partial charge in [-0.25, -0.2) is 0 Å². The highest BCUT2D eigenvalue weighted by Gasteiger charge is 2.16. The summed E-state index contributed by atoms with van der Waals surface area (Å²) >= 11 is 0. The zero-order valence-corrected chi connectivity index (χ0v) is 11.9. The second-order valence-corrected chi connectivity index (χ2v) is 5.27. The molecule has 0 saturated carbocycles. The molecule has 4 nitrogen and oxygen atoms in total. The number of aryl methyl sites for hydroxylation is 1. The predicted molar refractivity (Wildman–Crippen MR) is 76.9 cm³/mol. The molecule has 1 aromatic rings. The smallest absolute Gasteiger partial charge is 0.223 e. The van der Waals surface area contributed by atoms with Crippen LogP contribution < -0.4 is 5.32 Å². The fourth-order valence-corrected chi connectivity index (χ4v) is 2.55. The monoisotopic (exact) mass is 263 g/mol.